The fourth-order valence-corrected chi connectivity index (χ4v) is 3.30. The molecule has 0 saturated heterocycles. The zero-order valence-corrected chi connectivity index (χ0v) is 17.0. The molecule has 0 radical (unpaired) electrons. The van der Waals surface area contributed by atoms with Crippen molar-refractivity contribution in [1.29, 1.82) is 0 Å². The average molecular weight is 401 g/mol. The van der Waals surface area contributed by atoms with E-state index in [2.05, 4.69) is 10.4 Å². The summed E-state index contributed by atoms with van der Waals surface area (Å²) in [5, 5.41) is 9.42. The van der Waals surface area contributed by atoms with Crippen molar-refractivity contribution in [1.82, 2.24) is 15.1 Å². The van der Waals surface area contributed by atoms with Gasteiger partial charge in [0.2, 0.25) is 0 Å². The highest BCUT2D eigenvalue weighted by Gasteiger charge is 2.12. The van der Waals surface area contributed by atoms with Gasteiger partial charge in [-0.3, -0.25) is 4.79 Å². The predicted molar refractivity (Wildman–Crippen MR) is 117 cm³/mol. The van der Waals surface area contributed by atoms with Gasteiger partial charge in [0.05, 0.1) is 13.7 Å². The number of rotatable bonds is 7. The molecular formula is C24H23N3O3. The summed E-state index contributed by atoms with van der Waals surface area (Å²) in [5.41, 5.74) is 2.21. The van der Waals surface area contributed by atoms with Gasteiger partial charge in [-0.15, -0.1) is 0 Å². The maximum Gasteiger partial charge on any atom is 0.271 e. The van der Waals surface area contributed by atoms with Crippen molar-refractivity contribution in [2.45, 2.75) is 6.92 Å². The van der Waals surface area contributed by atoms with E-state index in [1.165, 1.54) is 0 Å². The first-order valence-corrected chi connectivity index (χ1v) is 9.75. The van der Waals surface area contributed by atoms with Crippen LogP contribution in [0.3, 0.4) is 0 Å². The molecule has 0 fully saturated rings. The van der Waals surface area contributed by atoms with Crippen LogP contribution in [0.4, 0.5) is 0 Å². The number of carbonyl (C=O) groups is 1. The smallest absolute Gasteiger partial charge is 0.271 e. The molecule has 0 saturated carbocycles. The quantitative estimate of drug-likeness (QED) is 0.473. The molecule has 0 aliphatic heterocycles. The number of methoxy groups -OCH3 is 1. The Balaban J connectivity index is 1.37. The Morgan fingerprint density at radius 2 is 1.87 bits per heavy atom. The summed E-state index contributed by atoms with van der Waals surface area (Å²) in [5.74, 6) is 1.25. The number of ether oxygens (including phenoxy) is 2. The number of hydrogen-bond donors (Lipinski definition) is 1. The Bertz CT molecular complexity index is 1180. The number of fused-ring (bicyclic) bond motifs is 1. The van der Waals surface area contributed by atoms with Gasteiger partial charge in [-0.25, -0.2) is 4.68 Å². The Kier molecular flexibility index (Phi) is 5.66. The first-order valence-electron chi connectivity index (χ1n) is 9.75. The number of carbonyl (C=O) groups excluding carboxylic acids is 1. The van der Waals surface area contributed by atoms with Crippen LogP contribution in [-0.2, 0) is 0 Å². The summed E-state index contributed by atoms with van der Waals surface area (Å²) in [6, 6.07) is 21.5. The lowest BCUT2D eigenvalue weighted by atomic mass is 10.1. The molecule has 3 aromatic carbocycles. The van der Waals surface area contributed by atoms with Crippen molar-refractivity contribution >= 4 is 16.7 Å². The van der Waals surface area contributed by atoms with E-state index in [9.17, 15) is 4.79 Å². The highest BCUT2D eigenvalue weighted by Crippen LogP contribution is 2.25. The van der Waals surface area contributed by atoms with E-state index in [1.54, 1.807) is 24.1 Å². The largest absolute Gasteiger partial charge is 0.494 e. The molecule has 1 N–H and O–H groups in total. The van der Waals surface area contributed by atoms with Crippen LogP contribution in [0.25, 0.3) is 16.5 Å². The molecule has 0 atom stereocenters. The van der Waals surface area contributed by atoms with Crippen LogP contribution < -0.4 is 14.8 Å². The zero-order chi connectivity index (χ0) is 20.9. The van der Waals surface area contributed by atoms with Gasteiger partial charge in [0, 0.05) is 11.6 Å². The van der Waals surface area contributed by atoms with E-state index in [4.69, 9.17) is 9.47 Å². The number of hydrogen-bond acceptors (Lipinski definition) is 4. The van der Waals surface area contributed by atoms with Crippen LogP contribution in [0.2, 0.25) is 0 Å². The van der Waals surface area contributed by atoms with E-state index < -0.39 is 0 Å². The molecule has 152 valence electrons. The highest BCUT2D eigenvalue weighted by atomic mass is 16.5. The number of aryl methyl sites for hydroxylation is 1. The molecular weight excluding hydrogens is 378 g/mol. The summed E-state index contributed by atoms with van der Waals surface area (Å²) in [7, 11) is 1.61. The molecule has 0 aliphatic rings. The minimum atomic E-state index is -0.248. The van der Waals surface area contributed by atoms with Crippen molar-refractivity contribution < 1.29 is 14.3 Å². The van der Waals surface area contributed by atoms with Crippen molar-refractivity contribution in [3.05, 3.63) is 84.2 Å². The second-order valence-corrected chi connectivity index (χ2v) is 6.90. The molecule has 1 amide bonds. The Hall–Kier alpha value is -3.80. The van der Waals surface area contributed by atoms with E-state index in [0.29, 0.717) is 24.6 Å². The van der Waals surface area contributed by atoms with Crippen molar-refractivity contribution in [3.8, 4) is 17.2 Å². The van der Waals surface area contributed by atoms with E-state index >= 15 is 0 Å². The summed E-state index contributed by atoms with van der Waals surface area (Å²) in [4.78, 5) is 12.5. The Morgan fingerprint density at radius 1 is 1.03 bits per heavy atom. The van der Waals surface area contributed by atoms with Gasteiger partial charge < -0.3 is 14.8 Å². The normalized spacial score (nSPS) is 10.7. The molecule has 0 bridgehead atoms. The van der Waals surface area contributed by atoms with Gasteiger partial charge >= 0.3 is 0 Å². The number of benzene rings is 3. The summed E-state index contributed by atoms with van der Waals surface area (Å²) >= 11 is 0. The van der Waals surface area contributed by atoms with Crippen LogP contribution in [0.15, 0.2) is 72.9 Å². The maximum atomic E-state index is 12.5. The molecule has 4 aromatic rings. The second kappa shape index (κ2) is 8.69. The minimum Gasteiger partial charge on any atom is -0.494 e. The standard InChI is InChI=1S/C24H23N3O3/c1-17-10-11-23(29-2)21(16-17)27-14-12-20(26-27)24(28)25-13-15-30-22-9-5-7-18-6-3-4-8-19(18)22/h3-12,14,16H,13,15H2,1-2H3,(H,25,28). The summed E-state index contributed by atoms with van der Waals surface area (Å²) < 4.78 is 12.9. The third-order valence-corrected chi connectivity index (χ3v) is 4.80. The lowest BCUT2D eigenvalue weighted by Gasteiger charge is -2.10. The fourth-order valence-electron chi connectivity index (χ4n) is 3.30. The SMILES string of the molecule is COc1ccc(C)cc1-n1ccc(C(=O)NCCOc2cccc3ccccc23)n1. The van der Waals surface area contributed by atoms with Gasteiger partial charge in [0.15, 0.2) is 5.69 Å². The topological polar surface area (TPSA) is 65.4 Å². The summed E-state index contributed by atoms with van der Waals surface area (Å²) in [6.07, 6.45) is 1.75. The summed E-state index contributed by atoms with van der Waals surface area (Å²) in [6.45, 7) is 2.74. The molecule has 1 heterocycles. The Morgan fingerprint density at radius 3 is 2.73 bits per heavy atom. The molecule has 6 nitrogen and oxygen atoms in total. The number of aromatic nitrogens is 2. The van der Waals surface area contributed by atoms with E-state index in [1.807, 2.05) is 67.6 Å². The lowest BCUT2D eigenvalue weighted by Crippen LogP contribution is -2.28. The van der Waals surface area contributed by atoms with E-state index in [0.717, 1.165) is 27.8 Å². The third kappa shape index (κ3) is 4.12. The maximum absolute atomic E-state index is 12.5. The van der Waals surface area contributed by atoms with Crippen molar-refractivity contribution in [3.63, 3.8) is 0 Å². The van der Waals surface area contributed by atoms with Gasteiger partial charge in [-0.1, -0.05) is 42.5 Å². The van der Waals surface area contributed by atoms with Crippen molar-refractivity contribution in [2.75, 3.05) is 20.3 Å². The first kappa shape index (κ1) is 19.5. The van der Waals surface area contributed by atoms with Crippen LogP contribution in [0.1, 0.15) is 16.1 Å². The number of nitrogens with one attached hydrogen (secondary N) is 1. The molecule has 4 rings (SSSR count). The van der Waals surface area contributed by atoms with Crippen LogP contribution in [0.5, 0.6) is 11.5 Å². The van der Waals surface area contributed by atoms with Crippen LogP contribution in [-0.4, -0.2) is 35.9 Å². The molecule has 6 heteroatoms. The minimum absolute atomic E-state index is 0.248. The van der Waals surface area contributed by atoms with Gasteiger partial charge in [-0.05, 0) is 42.1 Å². The highest BCUT2D eigenvalue weighted by molar-refractivity contribution is 5.92. The van der Waals surface area contributed by atoms with Crippen LogP contribution in [0, 0.1) is 6.92 Å². The van der Waals surface area contributed by atoms with Crippen LogP contribution >= 0.6 is 0 Å². The number of amides is 1. The van der Waals surface area contributed by atoms with Gasteiger partial charge in [-0.2, -0.15) is 5.10 Å². The molecule has 30 heavy (non-hydrogen) atoms. The average Bonchev–Trinajstić information content (AvgIpc) is 3.27. The van der Waals surface area contributed by atoms with Crippen molar-refractivity contribution in [2.24, 2.45) is 0 Å². The van der Waals surface area contributed by atoms with Gasteiger partial charge in [0.25, 0.3) is 5.91 Å². The number of nitrogens with zero attached hydrogens (tertiary/aromatic N) is 2. The Labute approximate surface area is 175 Å². The lowest BCUT2D eigenvalue weighted by molar-refractivity contribution is 0.0941. The van der Waals surface area contributed by atoms with E-state index in [-0.39, 0.29) is 5.91 Å². The zero-order valence-electron chi connectivity index (χ0n) is 17.0. The molecule has 0 aliphatic carbocycles. The fraction of sp³-hybridized carbons (Fsp3) is 0.167. The predicted octanol–water partition coefficient (Wildman–Crippen LogP) is 4.15. The first-order chi connectivity index (χ1) is 14.7. The van der Waals surface area contributed by atoms with Gasteiger partial charge in [0.1, 0.15) is 23.8 Å². The molecule has 1 aromatic heterocycles. The molecule has 0 unspecified atom stereocenters. The third-order valence-electron chi connectivity index (χ3n) is 4.80. The second-order valence-electron chi connectivity index (χ2n) is 6.90. The monoisotopic (exact) mass is 401 g/mol. The molecule has 0 spiro atoms.